The van der Waals surface area contributed by atoms with Crippen molar-refractivity contribution in [1.29, 1.82) is 0 Å². The quantitative estimate of drug-likeness (QED) is 0.426. The van der Waals surface area contributed by atoms with Gasteiger partial charge in [-0.25, -0.2) is 9.18 Å². The van der Waals surface area contributed by atoms with Gasteiger partial charge in [0.25, 0.3) is 0 Å². The molecule has 0 radical (unpaired) electrons. The number of halogens is 1. The Morgan fingerprint density at radius 2 is 1.77 bits per heavy atom. The van der Waals surface area contributed by atoms with E-state index in [2.05, 4.69) is 6.58 Å². The van der Waals surface area contributed by atoms with Crippen LogP contribution in [0, 0.1) is 5.82 Å². The summed E-state index contributed by atoms with van der Waals surface area (Å²) in [6, 6.07) is 3.71. The summed E-state index contributed by atoms with van der Waals surface area (Å²) in [6.07, 6.45) is 11.1. The van der Waals surface area contributed by atoms with Crippen molar-refractivity contribution in [1.82, 2.24) is 0 Å². The molecule has 0 aliphatic carbocycles. The number of allylic oxidation sites excluding steroid dienone is 1. The van der Waals surface area contributed by atoms with E-state index in [-0.39, 0.29) is 11.3 Å². The lowest BCUT2D eigenvalue weighted by Gasteiger charge is -2.07. The number of benzene rings is 1. The molecule has 0 atom stereocenters. The zero-order valence-electron chi connectivity index (χ0n) is 13.0. The van der Waals surface area contributed by atoms with Crippen LogP contribution in [0.4, 0.5) is 4.39 Å². The summed E-state index contributed by atoms with van der Waals surface area (Å²) < 4.78 is 18.9. The molecular weight excluding hydrogens is 283 g/mol. The van der Waals surface area contributed by atoms with Gasteiger partial charge in [0.15, 0.2) is 11.6 Å². The first-order valence-electron chi connectivity index (χ1n) is 7.91. The van der Waals surface area contributed by atoms with E-state index < -0.39 is 11.8 Å². The van der Waals surface area contributed by atoms with Gasteiger partial charge in [0.2, 0.25) is 0 Å². The minimum atomic E-state index is -1.14. The maximum absolute atomic E-state index is 13.6. The van der Waals surface area contributed by atoms with Gasteiger partial charge in [0, 0.05) is 0 Å². The summed E-state index contributed by atoms with van der Waals surface area (Å²) in [4.78, 5) is 10.7. The molecular formula is C18H25FO3. The second-order valence-corrected chi connectivity index (χ2v) is 5.35. The molecule has 0 fully saturated rings. The van der Waals surface area contributed by atoms with Gasteiger partial charge in [-0.1, -0.05) is 38.2 Å². The highest BCUT2D eigenvalue weighted by atomic mass is 19.1. The lowest BCUT2D eigenvalue weighted by atomic mass is 10.1. The minimum Gasteiger partial charge on any atom is -0.491 e. The molecule has 0 aliphatic heterocycles. The SMILES string of the molecule is C=CCCCCCCCCCOc1ccc(C(=O)O)cc1F. The van der Waals surface area contributed by atoms with E-state index in [1.54, 1.807) is 0 Å². The van der Waals surface area contributed by atoms with Crippen LogP contribution in [0.15, 0.2) is 30.9 Å². The van der Waals surface area contributed by atoms with Crippen LogP contribution in [0.25, 0.3) is 0 Å². The first kappa shape index (κ1) is 18.2. The number of ether oxygens (including phenoxy) is 1. The Balaban J connectivity index is 2.10. The van der Waals surface area contributed by atoms with Crippen molar-refractivity contribution in [2.45, 2.75) is 51.4 Å². The summed E-state index contributed by atoms with van der Waals surface area (Å²) in [7, 11) is 0. The van der Waals surface area contributed by atoms with Crippen LogP contribution in [-0.2, 0) is 0 Å². The Hall–Kier alpha value is -1.84. The first-order chi connectivity index (χ1) is 10.6. The normalized spacial score (nSPS) is 10.4. The van der Waals surface area contributed by atoms with Gasteiger partial charge in [-0.05, 0) is 37.5 Å². The van der Waals surface area contributed by atoms with E-state index in [1.807, 2.05) is 6.08 Å². The van der Waals surface area contributed by atoms with Crippen molar-refractivity contribution >= 4 is 5.97 Å². The third-order valence-corrected chi connectivity index (χ3v) is 3.49. The van der Waals surface area contributed by atoms with Crippen molar-refractivity contribution in [3.63, 3.8) is 0 Å². The molecule has 3 nitrogen and oxygen atoms in total. The number of hydrogen-bond acceptors (Lipinski definition) is 2. The molecule has 0 bridgehead atoms. The van der Waals surface area contributed by atoms with Crippen molar-refractivity contribution in [2.24, 2.45) is 0 Å². The molecule has 22 heavy (non-hydrogen) atoms. The smallest absolute Gasteiger partial charge is 0.335 e. The maximum atomic E-state index is 13.6. The van der Waals surface area contributed by atoms with Gasteiger partial charge in [-0.3, -0.25) is 0 Å². The van der Waals surface area contributed by atoms with Crippen LogP contribution < -0.4 is 4.74 Å². The molecule has 0 aliphatic rings. The van der Waals surface area contributed by atoms with Crippen LogP contribution in [0.3, 0.4) is 0 Å². The van der Waals surface area contributed by atoms with E-state index in [4.69, 9.17) is 9.84 Å². The maximum Gasteiger partial charge on any atom is 0.335 e. The number of carboxylic acid groups (broad SMARTS) is 1. The van der Waals surface area contributed by atoms with Crippen molar-refractivity contribution in [3.05, 3.63) is 42.2 Å². The van der Waals surface area contributed by atoms with Crippen LogP contribution in [0.2, 0.25) is 0 Å². The highest BCUT2D eigenvalue weighted by Gasteiger charge is 2.08. The van der Waals surface area contributed by atoms with Gasteiger partial charge < -0.3 is 9.84 Å². The third kappa shape index (κ3) is 7.25. The molecule has 0 saturated carbocycles. The van der Waals surface area contributed by atoms with Gasteiger partial charge >= 0.3 is 5.97 Å². The summed E-state index contributed by atoms with van der Waals surface area (Å²) in [5.74, 6) is -1.64. The monoisotopic (exact) mass is 308 g/mol. The molecule has 1 aromatic rings. The average Bonchev–Trinajstić information content (AvgIpc) is 2.50. The average molecular weight is 308 g/mol. The Morgan fingerprint density at radius 1 is 1.14 bits per heavy atom. The second-order valence-electron chi connectivity index (χ2n) is 5.35. The fourth-order valence-electron chi connectivity index (χ4n) is 2.21. The van der Waals surface area contributed by atoms with E-state index in [1.165, 1.54) is 37.8 Å². The van der Waals surface area contributed by atoms with Crippen LogP contribution >= 0.6 is 0 Å². The molecule has 122 valence electrons. The summed E-state index contributed by atoms with van der Waals surface area (Å²) in [5.41, 5.74) is -0.0682. The number of carbonyl (C=O) groups is 1. The van der Waals surface area contributed by atoms with E-state index in [0.717, 1.165) is 31.7 Å². The second kappa shape index (κ2) is 10.8. The Morgan fingerprint density at radius 3 is 2.36 bits per heavy atom. The molecule has 4 heteroatoms. The minimum absolute atomic E-state index is 0.0682. The van der Waals surface area contributed by atoms with Crippen LogP contribution in [0.5, 0.6) is 5.75 Å². The number of hydrogen-bond donors (Lipinski definition) is 1. The van der Waals surface area contributed by atoms with Crippen LogP contribution in [0.1, 0.15) is 61.7 Å². The molecule has 0 heterocycles. The van der Waals surface area contributed by atoms with Gasteiger partial charge in [0.1, 0.15) is 0 Å². The van der Waals surface area contributed by atoms with Crippen LogP contribution in [-0.4, -0.2) is 17.7 Å². The van der Waals surface area contributed by atoms with Gasteiger partial charge in [-0.15, -0.1) is 6.58 Å². The van der Waals surface area contributed by atoms with E-state index >= 15 is 0 Å². The summed E-state index contributed by atoms with van der Waals surface area (Å²) in [5, 5.41) is 8.75. The lowest BCUT2D eigenvalue weighted by Crippen LogP contribution is -2.02. The highest BCUT2D eigenvalue weighted by Crippen LogP contribution is 2.19. The third-order valence-electron chi connectivity index (χ3n) is 3.49. The predicted octanol–water partition coefficient (Wildman–Crippen LogP) is 5.21. The zero-order chi connectivity index (χ0) is 16.2. The number of rotatable bonds is 12. The highest BCUT2D eigenvalue weighted by molar-refractivity contribution is 5.87. The van der Waals surface area contributed by atoms with Gasteiger partial charge in [-0.2, -0.15) is 0 Å². The van der Waals surface area contributed by atoms with E-state index in [9.17, 15) is 9.18 Å². The number of carboxylic acids is 1. The standard InChI is InChI=1S/C18H25FO3/c1-2-3-4-5-6-7-8-9-10-13-22-17-12-11-15(18(20)21)14-16(17)19/h2,11-12,14H,1,3-10,13H2,(H,20,21). The predicted molar refractivity (Wildman–Crippen MR) is 86.0 cm³/mol. The Kier molecular flexibility index (Phi) is 8.96. The fraction of sp³-hybridized carbons (Fsp3) is 0.500. The molecule has 0 saturated heterocycles. The van der Waals surface area contributed by atoms with Crippen molar-refractivity contribution in [2.75, 3.05) is 6.61 Å². The lowest BCUT2D eigenvalue weighted by molar-refractivity contribution is 0.0696. The number of aromatic carboxylic acids is 1. The Labute approximate surface area is 131 Å². The summed E-state index contributed by atoms with van der Waals surface area (Å²) in [6.45, 7) is 4.16. The number of unbranched alkanes of at least 4 members (excludes halogenated alkanes) is 7. The molecule has 1 aromatic carbocycles. The van der Waals surface area contributed by atoms with Crippen molar-refractivity contribution < 1.29 is 19.0 Å². The fourth-order valence-corrected chi connectivity index (χ4v) is 2.21. The van der Waals surface area contributed by atoms with Crippen molar-refractivity contribution in [3.8, 4) is 5.75 Å². The van der Waals surface area contributed by atoms with Gasteiger partial charge in [0.05, 0.1) is 12.2 Å². The molecule has 0 unspecified atom stereocenters. The topological polar surface area (TPSA) is 46.5 Å². The first-order valence-corrected chi connectivity index (χ1v) is 7.91. The molecule has 1 N–H and O–H groups in total. The Bertz CT molecular complexity index is 471. The summed E-state index contributed by atoms with van der Waals surface area (Å²) >= 11 is 0. The molecule has 1 rings (SSSR count). The van der Waals surface area contributed by atoms with E-state index in [0.29, 0.717) is 6.61 Å². The molecule has 0 aromatic heterocycles. The largest absolute Gasteiger partial charge is 0.491 e. The zero-order valence-corrected chi connectivity index (χ0v) is 13.0. The molecule has 0 amide bonds. The molecule has 0 spiro atoms.